The SMILES string of the molecule is Cl.NC1(C(=O)NC(Cc2ccccc2)C(F)(F)F)CCCC1. The third kappa shape index (κ3) is 4.61. The van der Waals surface area contributed by atoms with Crippen LogP contribution in [-0.2, 0) is 11.2 Å². The Balaban J connectivity index is 0.00000242. The maximum Gasteiger partial charge on any atom is 0.408 e. The summed E-state index contributed by atoms with van der Waals surface area (Å²) in [5.74, 6) is -0.696. The summed E-state index contributed by atoms with van der Waals surface area (Å²) in [6.07, 6.45) is -2.35. The molecule has 1 amide bonds. The van der Waals surface area contributed by atoms with Crippen molar-refractivity contribution in [3.8, 4) is 0 Å². The molecule has 1 atom stereocenters. The van der Waals surface area contributed by atoms with Crippen LogP contribution in [0.3, 0.4) is 0 Å². The first-order chi connectivity index (χ1) is 9.81. The average molecular weight is 337 g/mol. The van der Waals surface area contributed by atoms with Crippen LogP contribution in [-0.4, -0.2) is 23.7 Å². The van der Waals surface area contributed by atoms with Gasteiger partial charge in [-0.05, 0) is 18.4 Å². The van der Waals surface area contributed by atoms with Crippen molar-refractivity contribution in [2.45, 2.75) is 49.9 Å². The fraction of sp³-hybridized carbons (Fsp3) is 0.533. The van der Waals surface area contributed by atoms with E-state index in [2.05, 4.69) is 5.32 Å². The molecule has 1 aliphatic rings. The maximum absolute atomic E-state index is 13.1. The molecule has 3 N–H and O–H groups in total. The van der Waals surface area contributed by atoms with Crippen molar-refractivity contribution in [1.29, 1.82) is 0 Å². The van der Waals surface area contributed by atoms with Gasteiger partial charge in [0.25, 0.3) is 0 Å². The molecular weight excluding hydrogens is 317 g/mol. The Morgan fingerprint density at radius 3 is 2.27 bits per heavy atom. The summed E-state index contributed by atoms with van der Waals surface area (Å²) in [7, 11) is 0. The third-order valence-corrected chi connectivity index (χ3v) is 3.93. The molecule has 1 aromatic carbocycles. The van der Waals surface area contributed by atoms with E-state index >= 15 is 0 Å². The molecule has 0 heterocycles. The molecule has 0 aromatic heterocycles. The molecule has 1 aromatic rings. The van der Waals surface area contributed by atoms with Gasteiger partial charge in [-0.3, -0.25) is 4.79 Å². The van der Waals surface area contributed by atoms with Gasteiger partial charge in [0.1, 0.15) is 6.04 Å². The van der Waals surface area contributed by atoms with Crippen molar-refractivity contribution in [3.05, 3.63) is 35.9 Å². The molecule has 2 rings (SSSR count). The van der Waals surface area contributed by atoms with Crippen molar-refractivity contribution < 1.29 is 18.0 Å². The lowest BCUT2D eigenvalue weighted by Crippen LogP contribution is -2.58. The Labute approximate surface area is 133 Å². The quantitative estimate of drug-likeness (QED) is 0.888. The van der Waals surface area contributed by atoms with E-state index in [1.54, 1.807) is 30.3 Å². The third-order valence-electron chi connectivity index (χ3n) is 3.93. The summed E-state index contributed by atoms with van der Waals surface area (Å²) in [4.78, 5) is 12.1. The predicted octanol–water partition coefficient (Wildman–Crippen LogP) is 2.97. The van der Waals surface area contributed by atoms with Crippen LogP contribution in [0.5, 0.6) is 0 Å². The number of alkyl halides is 3. The van der Waals surface area contributed by atoms with Crippen LogP contribution in [0.15, 0.2) is 30.3 Å². The molecule has 1 saturated carbocycles. The second-order valence-electron chi connectivity index (χ2n) is 5.62. The summed E-state index contributed by atoms with van der Waals surface area (Å²) < 4.78 is 39.4. The van der Waals surface area contributed by atoms with Crippen molar-refractivity contribution in [2.75, 3.05) is 0 Å². The van der Waals surface area contributed by atoms with E-state index in [9.17, 15) is 18.0 Å². The van der Waals surface area contributed by atoms with Gasteiger partial charge in [-0.1, -0.05) is 43.2 Å². The van der Waals surface area contributed by atoms with Crippen LogP contribution in [0.4, 0.5) is 13.2 Å². The molecule has 22 heavy (non-hydrogen) atoms. The summed E-state index contributed by atoms with van der Waals surface area (Å²) in [6.45, 7) is 0. The van der Waals surface area contributed by atoms with Crippen LogP contribution in [0.1, 0.15) is 31.2 Å². The highest BCUT2D eigenvalue weighted by molar-refractivity contribution is 5.86. The first-order valence-electron chi connectivity index (χ1n) is 7.02. The molecule has 7 heteroatoms. The van der Waals surface area contributed by atoms with Gasteiger partial charge >= 0.3 is 6.18 Å². The molecule has 1 aliphatic carbocycles. The van der Waals surface area contributed by atoms with E-state index in [0.717, 1.165) is 12.8 Å². The highest BCUT2D eigenvalue weighted by Gasteiger charge is 2.44. The Morgan fingerprint density at radius 2 is 1.77 bits per heavy atom. The van der Waals surface area contributed by atoms with Gasteiger partial charge in [-0.15, -0.1) is 12.4 Å². The first kappa shape index (κ1) is 18.8. The van der Waals surface area contributed by atoms with E-state index in [1.807, 2.05) is 0 Å². The number of amides is 1. The van der Waals surface area contributed by atoms with E-state index in [-0.39, 0.29) is 18.8 Å². The number of benzene rings is 1. The molecule has 0 spiro atoms. The van der Waals surface area contributed by atoms with E-state index in [0.29, 0.717) is 18.4 Å². The Morgan fingerprint density at radius 1 is 1.23 bits per heavy atom. The minimum Gasteiger partial charge on any atom is -0.343 e. The molecule has 1 fully saturated rings. The fourth-order valence-corrected chi connectivity index (χ4v) is 2.63. The topological polar surface area (TPSA) is 55.1 Å². The number of hydrogen-bond acceptors (Lipinski definition) is 2. The van der Waals surface area contributed by atoms with Crippen molar-refractivity contribution >= 4 is 18.3 Å². The second-order valence-corrected chi connectivity index (χ2v) is 5.62. The van der Waals surface area contributed by atoms with Gasteiger partial charge in [0.2, 0.25) is 5.91 Å². The van der Waals surface area contributed by atoms with Crippen LogP contribution in [0, 0.1) is 0 Å². The van der Waals surface area contributed by atoms with Gasteiger partial charge in [0.05, 0.1) is 5.54 Å². The molecule has 0 saturated heterocycles. The standard InChI is InChI=1S/C15H19F3N2O.ClH/c16-15(17,18)12(10-11-6-2-1-3-7-11)20-13(21)14(19)8-4-5-9-14;/h1-3,6-7,12H,4-5,8-10,19H2,(H,20,21);1H. The summed E-state index contributed by atoms with van der Waals surface area (Å²) in [6, 6.07) is 6.39. The molecule has 1 unspecified atom stereocenters. The largest absolute Gasteiger partial charge is 0.408 e. The summed E-state index contributed by atoms with van der Waals surface area (Å²) >= 11 is 0. The van der Waals surface area contributed by atoms with Crippen molar-refractivity contribution in [1.82, 2.24) is 5.32 Å². The average Bonchev–Trinajstić information content (AvgIpc) is 2.86. The van der Waals surface area contributed by atoms with Crippen molar-refractivity contribution in [3.63, 3.8) is 0 Å². The lowest BCUT2D eigenvalue weighted by Gasteiger charge is -2.28. The van der Waals surface area contributed by atoms with Gasteiger partial charge in [0, 0.05) is 6.42 Å². The number of carbonyl (C=O) groups excluding carboxylic acids is 1. The fourth-order valence-electron chi connectivity index (χ4n) is 2.63. The van der Waals surface area contributed by atoms with E-state index < -0.39 is 23.7 Å². The van der Waals surface area contributed by atoms with Crippen LogP contribution in [0.2, 0.25) is 0 Å². The molecule has 3 nitrogen and oxygen atoms in total. The lowest BCUT2D eigenvalue weighted by molar-refractivity contribution is -0.163. The van der Waals surface area contributed by atoms with Crippen molar-refractivity contribution in [2.24, 2.45) is 5.73 Å². The van der Waals surface area contributed by atoms with E-state index in [1.165, 1.54) is 0 Å². The smallest absolute Gasteiger partial charge is 0.343 e. The zero-order valence-corrected chi connectivity index (χ0v) is 12.8. The molecule has 0 aliphatic heterocycles. The van der Waals surface area contributed by atoms with Gasteiger partial charge in [-0.2, -0.15) is 13.2 Å². The highest BCUT2D eigenvalue weighted by atomic mass is 35.5. The van der Waals surface area contributed by atoms with Gasteiger partial charge in [0.15, 0.2) is 0 Å². The minimum absolute atomic E-state index is 0. The molecule has 0 bridgehead atoms. The number of rotatable bonds is 4. The Bertz CT molecular complexity index is 487. The number of nitrogens with two attached hydrogens (primary N) is 1. The number of nitrogens with one attached hydrogen (secondary N) is 1. The highest BCUT2D eigenvalue weighted by Crippen LogP contribution is 2.29. The van der Waals surface area contributed by atoms with Crippen LogP contribution < -0.4 is 11.1 Å². The maximum atomic E-state index is 13.1. The summed E-state index contributed by atoms with van der Waals surface area (Å²) in [5, 5.41) is 2.10. The minimum atomic E-state index is -4.50. The van der Waals surface area contributed by atoms with Crippen LogP contribution in [0.25, 0.3) is 0 Å². The first-order valence-corrected chi connectivity index (χ1v) is 7.02. The lowest BCUT2D eigenvalue weighted by atomic mass is 9.96. The van der Waals surface area contributed by atoms with Crippen LogP contribution >= 0.6 is 12.4 Å². The monoisotopic (exact) mass is 336 g/mol. The zero-order chi connectivity index (χ0) is 15.5. The molecule has 0 radical (unpaired) electrons. The summed E-state index contributed by atoms with van der Waals surface area (Å²) in [5.41, 5.74) is 5.28. The number of hydrogen-bond donors (Lipinski definition) is 2. The Kier molecular flexibility index (Phi) is 6.26. The Hall–Kier alpha value is -1.27. The van der Waals surface area contributed by atoms with Gasteiger partial charge in [-0.25, -0.2) is 0 Å². The molecule has 124 valence electrons. The van der Waals surface area contributed by atoms with E-state index in [4.69, 9.17) is 5.73 Å². The van der Waals surface area contributed by atoms with Gasteiger partial charge < -0.3 is 11.1 Å². The number of halogens is 4. The normalized spacial score (nSPS) is 18.4. The molecular formula is C15H20ClF3N2O. The predicted molar refractivity (Wildman–Crippen MR) is 80.8 cm³/mol. The zero-order valence-electron chi connectivity index (χ0n) is 12.0. The number of carbonyl (C=O) groups is 1. The second kappa shape index (κ2) is 7.33.